The highest BCUT2D eigenvalue weighted by molar-refractivity contribution is 4.93. The van der Waals surface area contributed by atoms with E-state index >= 15 is 0 Å². The highest BCUT2D eigenvalue weighted by atomic mass is 16.7. The molecule has 1 heterocycles. The molecule has 3 nitrogen and oxygen atoms in total. The molecule has 0 aromatic carbocycles. The molecule has 0 radical (unpaired) electrons. The predicted octanol–water partition coefficient (Wildman–Crippen LogP) is 5.79. The molecule has 1 saturated heterocycles. The number of hydrogen-bond acceptors (Lipinski definition) is 3. The van der Waals surface area contributed by atoms with Crippen molar-refractivity contribution in [3.63, 3.8) is 0 Å². The number of rotatable bonds is 8. The van der Waals surface area contributed by atoms with Gasteiger partial charge in [0.2, 0.25) is 0 Å². The molecule has 0 amide bonds. The summed E-state index contributed by atoms with van der Waals surface area (Å²) in [5.74, 6) is 1.31. The molecule has 3 aliphatic rings. The normalized spacial score (nSPS) is 33.8. The molecule has 1 atom stereocenters. The summed E-state index contributed by atoms with van der Waals surface area (Å²) < 4.78 is 12.8. The molecule has 2 saturated carbocycles. The van der Waals surface area contributed by atoms with Crippen molar-refractivity contribution in [3.8, 4) is 0 Å². The zero-order chi connectivity index (χ0) is 19.3. The molecular formula is C24H43NO2. The highest BCUT2D eigenvalue weighted by Crippen LogP contribution is 2.51. The van der Waals surface area contributed by atoms with Crippen molar-refractivity contribution >= 4 is 0 Å². The summed E-state index contributed by atoms with van der Waals surface area (Å²) in [7, 11) is 0. The minimum absolute atomic E-state index is 0.256. The minimum Gasteiger partial charge on any atom is -0.347 e. The molecule has 0 aromatic rings. The Morgan fingerprint density at radius 2 is 1.81 bits per heavy atom. The summed E-state index contributed by atoms with van der Waals surface area (Å²) in [5, 5.41) is 0. The molecule has 3 rings (SSSR count). The average molecular weight is 378 g/mol. The Hall–Kier alpha value is -0.380. The molecule has 1 aliphatic heterocycles. The van der Waals surface area contributed by atoms with Gasteiger partial charge >= 0.3 is 0 Å². The number of ether oxygens (including phenoxy) is 2. The fourth-order valence-corrected chi connectivity index (χ4v) is 5.83. The third-order valence-electron chi connectivity index (χ3n) is 7.42. The van der Waals surface area contributed by atoms with Crippen LogP contribution < -0.4 is 0 Å². The van der Waals surface area contributed by atoms with E-state index in [1.165, 1.54) is 44.9 Å². The Balaban J connectivity index is 1.44. The molecule has 27 heavy (non-hydrogen) atoms. The van der Waals surface area contributed by atoms with Crippen LogP contribution in [0.4, 0.5) is 0 Å². The minimum atomic E-state index is -0.256. The fourth-order valence-electron chi connectivity index (χ4n) is 5.83. The van der Waals surface area contributed by atoms with Crippen LogP contribution in [0.15, 0.2) is 12.7 Å². The monoisotopic (exact) mass is 377 g/mol. The lowest BCUT2D eigenvalue weighted by molar-refractivity contribution is -0.199. The lowest BCUT2D eigenvalue weighted by atomic mass is 9.62. The summed E-state index contributed by atoms with van der Waals surface area (Å²) in [4.78, 5) is 2.49. The van der Waals surface area contributed by atoms with Crippen LogP contribution in [-0.2, 0) is 9.47 Å². The molecule has 156 valence electrons. The third kappa shape index (κ3) is 5.58. The Labute approximate surface area is 167 Å². The van der Waals surface area contributed by atoms with Crippen molar-refractivity contribution in [2.24, 2.45) is 17.3 Å². The summed E-state index contributed by atoms with van der Waals surface area (Å²) in [6.45, 7) is 15.0. The Bertz CT molecular complexity index is 461. The van der Waals surface area contributed by atoms with E-state index in [2.05, 4.69) is 32.3 Å². The van der Waals surface area contributed by atoms with E-state index < -0.39 is 0 Å². The second-order valence-electron chi connectivity index (χ2n) is 10.2. The molecule has 1 unspecified atom stereocenters. The topological polar surface area (TPSA) is 21.7 Å². The first kappa shape index (κ1) is 21.3. The maximum absolute atomic E-state index is 6.52. The van der Waals surface area contributed by atoms with E-state index in [-0.39, 0.29) is 11.9 Å². The van der Waals surface area contributed by atoms with Gasteiger partial charge in [-0.05, 0) is 49.4 Å². The van der Waals surface area contributed by atoms with Gasteiger partial charge in [0.05, 0.1) is 12.7 Å². The van der Waals surface area contributed by atoms with Crippen LogP contribution in [0.5, 0.6) is 0 Å². The quantitative estimate of drug-likeness (QED) is 0.500. The molecule has 0 bridgehead atoms. The van der Waals surface area contributed by atoms with Crippen LogP contribution in [0.1, 0.15) is 85.0 Å². The first-order chi connectivity index (χ1) is 12.9. The van der Waals surface area contributed by atoms with Gasteiger partial charge in [0.15, 0.2) is 5.79 Å². The van der Waals surface area contributed by atoms with Crippen molar-refractivity contribution in [3.05, 3.63) is 12.7 Å². The first-order valence-electron chi connectivity index (χ1n) is 11.6. The van der Waals surface area contributed by atoms with Crippen molar-refractivity contribution in [1.82, 2.24) is 4.90 Å². The van der Waals surface area contributed by atoms with E-state index in [0.717, 1.165) is 51.4 Å². The van der Waals surface area contributed by atoms with E-state index in [1.807, 2.05) is 6.08 Å². The van der Waals surface area contributed by atoms with Crippen molar-refractivity contribution in [1.29, 1.82) is 0 Å². The second-order valence-corrected chi connectivity index (χ2v) is 10.2. The molecule has 3 heteroatoms. The Morgan fingerprint density at radius 3 is 2.44 bits per heavy atom. The van der Waals surface area contributed by atoms with Crippen molar-refractivity contribution in [2.75, 3.05) is 26.2 Å². The van der Waals surface area contributed by atoms with Gasteiger partial charge in [-0.25, -0.2) is 0 Å². The maximum atomic E-state index is 6.52. The Kier molecular flexibility index (Phi) is 7.44. The van der Waals surface area contributed by atoms with E-state index in [9.17, 15) is 0 Å². The SMILES string of the molecule is C=CCN(CCC1COC2(CCC(C3(C)CCCCC3)CC2)O1)CC(C)C. The van der Waals surface area contributed by atoms with Crippen LogP contribution in [0.3, 0.4) is 0 Å². The summed E-state index contributed by atoms with van der Waals surface area (Å²) in [6.07, 6.45) is 15.3. The van der Waals surface area contributed by atoms with Gasteiger partial charge in [-0.3, -0.25) is 4.90 Å². The van der Waals surface area contributed by atoms with Gasteiger partial charge in [0.25, 0.3) is 0 Å². The van der Waals surface area contributed by atoms with Crippen LogP contribution in [0.25, 0.3) is 0 Å². The van der Waals surface area contributed by atoms with Gasteiger partial charge in [0.1, 0.15) is 0 Å². The van der Waals surface area contributed by atoms with Crippen LogP contribution in [0.2, 0.25) is 0 Å². The van der Waals surface area contributed by atoms with Crippen LogP contribution in [-0.4, -0.2) is 43.0 Å². The lowest BCUT2D eigenvalue weighted by Crippen LogP contribution is -2.41. The maximum Gasteiger partial charge on any atom is 0.168 e. The molecular weight excluding hydrogens is 334 g/mol. The third-order valence-corrected chi connectivity index (χ3v) is 7.42. The van der Waals surface area contributed by atoms with Crippen LogP contribution >= 0.6 is 0 Å². The summed E-state index contributed by atoms with van der Waals surface area (Å²) in [6, 6.07) is 0. The predicted molar refractivity (Wildman–Crippen MR) is 113 cm³/mol. The number of hydrogen-bond donors (Lipinski definition) is 0. The standard InChI is InChI=1S/C24H43NO2/c1-5-16-25(18-20(2)3)17-11-22-19-26-24(27-22)14-9-21(10-15-24)23(4)12-7-6-8-13-23/h5,20-22H,1,6-19H2,2-4H3. The van der Waals surface area contributed by atoms with E-state index in [1.54, 1.807) is 0 Å². The summed E-state index contributed by atoms with van der Waals surface area (Å²) in [5.41, 5.74) is 0.583. The fraction of sp³-hybridized carbons (Fsp3) is 0.917. The van der Waals surface area contributed by atoms with Gasteiger partial charge in [-0.15, -0.1) is 6.58 Å². The largest absolute Gasteiger partial charge is 0.347 e. The Morgan fingerprint density at radius 1 is 1.11 bits per heavy atom. The van der Waals surface area contributed by atoms with Gasteiger partial charge in [-0.1, -0.05) is 46.1 Å². The van der Waals surface area contributed by atoms with E-state index in [4.69, 9.17) is 9.47 Å². The molecule has 3 fully saturated rings. The zero-order valence-electron chi connectivity index (χ0n) is 18.2. The average Bonchev–Trinajstić information content (AvgIpc) is 3.03. The summed E-state index contributed by atoms with van der Waals surface area (Å²) >= 11 is 0. The molecule has 0 aromatic heterocycles. The highest BCUT2D eigenvalue weighted by Gasteiger charge is 2.47. The van der Waals surface area contributed by atoms with Gasteiger partial charge < -0.3 is 9.47 Å². The lowest BCUT2D eigenvalue weighted by Gasteiger charge is -2.46. The first-order valence-corrected chi connectivity index (χ1v) is 11.6. The zero-order valence-corrected chi connectivity index (χ0v) is 18.2. The second kappa shape index (κ2) is 9.41. The van der Waals surface area contributed by atoms with Crippen molar-refractivity contribution in [2.45, 2.75) is 96.9 Å². The number of nitrogens with zero attached hydrogens (tertiary/aromatic N) is 1. The molecule has 1 spiro atoms. The molecule has 2 aliphatic carbocycles. The smallest absolute Gasteiger partial charge is 0.168 e. The molecule has 0 N–H and O–H groups in total. The van der Waals surface area contributed by atoms with Crippen LogP contribution in [0, 0.1) is 17.3 Å². The van der Waals surface area contributed by atoms with Gasteiger partial charge in [-0.2, -0.15) is 0 Å². The van der Waals surface area contributed by atoms with Gasteiger partial charge in [0, 0.05) is 32.5 Å². The van der Waals surface area contributed by atoms with Crippen molar-refractivity contribution < 1.29 is 9.47 Å². The van der Waals surface area contributed by atoms with E-state index in [0.29, 0.717) is 11.3 Å².